The molecule has 0 amide bonds. The van der Waals surface area contributed by atoms with Crippen molar-refractivity contribution in [2.45, 2.75) is 20.8 Å². The minimum absolute atomic E-state index is 0.361. The Kier molecular flexibility index (Phi) is 4.15. The lowest BCUT2D eigenvalue weighted by Gasteiger charge is -2.11. The molecule has 1 aromatic heterocycles. The van der Waals surface area contributed by atoms with Gasteiger partial charge in [0, 0.05) is 0 Å². The van der Waals surface area contributed by atoms with Crippen molar-refractivity contribution < 1.29 is 9.47 Å². The maximum absolute atomic E-state index is 5.78. The van der Waals surface area contributed by atoms with Gasteiger partial charge in [0.2, 0.25) is 11.8 Å². The Labute approximate surface area is 89.6 Å². The zero-order valence-electron chi connectivity index (χ0n) is 9.36. The summed E-state index contributed by atoms with van der Waals surface area (Å²) in [6.45, 7) is 7.08. The number of anilines is 1. The highest BCUT2D eigenvalue weighted by atomic mass is 16.5. The monoisotopic (exact) mass is 211 g/mol. The molecule has 5 heteroatoms. The summed E-state index contributed by atoms with van der Waals surface area (Å²) in [5.41, 5.74) is 6.14. The topological polar surface area (TPSA) is 70.3 Å². The highest BCUT2D eigenvalue weighted by Crippen LogP contribution is 2.26. The summed E-state index contributed by atoms with van der Waals surface area (Å²) in [6.07, 6.45) is 1.39. The van der Waals surface area contributed by atoms with Gasteiger partial charge in [-0.3, -0.25) is 0 Å². The van der Waals surface area contributed by atoms with Crippen LogP contribution in [0.4, 0.5) is 5.69 Å². The van der Waals surface area contributed by atoms with E-state index in [2.05, 4.69) is 23.8 Å². The van der Waals surface area contributed by atoms with Crippen LogP contribution in [-0.2, 0) is 0 Å². The molecule has 1 heterocycles. The van der Waals surface area contributed by atoms with E-state index >= 15 is 0 Å². The van der Waals surface area contributed by atoms with Crippen molar-refractivity contribution in [2.24, 2.45) is 5.92 Å². The van der Waals surface area contributed by atoms with Crippen LogP contribution in [0.25, 0.3) is 0 Å². The second kappa shape index (κ2) is 5.38. The molecule has 15 heavy (non-hydrogen) atoms. The van der Waals surface area contributed by atoms with Crippen LogP contribution in [0.1, 0.15) is 20.8 Å². The molecule has 0 saturated carbocycles. The Morgan fingerprint density at radius 3 is 2.40 bits per heavy atom. The number of nitrogen functional groups attached to an aromatic ring is 1. The first kappa shape index (κ1) is 11.6. The van der Waals surface area contributed by atoms with Crippen LogP contribution in [0.3, 0.4) is 0 Å². The van der Waals surface area contributed by atoms with Crippen LogP contribution >= 0.6 is 0 Å². The fourth-order valence-electron chi connectivity index (χ4n) is 0.977. The van der Waals surface area contributed by atoms with Crippen molar-refractivity contribution in [1.29, 1.82) is 0 Å². The number of hydrogen-bond acceptors (Lipinski definition) is 5. The highest BCUT2D eigenvalue weighted by molar-refractivity contribution is 5.55. The average Bonchev–Trinajstić information content (AvgIpc) is 2.19. The summed E-state index contributed by atoms with van der Waals surface area (Å²) in [7, 11) is 0. The van der Waals surface area contributed by atoms with Crippen LogP contribution < -0.4 is 15.2 Å². The van der Waals surface area contributed by atoms with Crippen molar-refractivity contribution in [1.82, 2.24) is 9.97 Å². The van der Waals surface area contributed by atoms with Gasteiger partial charge in [0.1, 0.15) is 6.33 Å². The van der Waals surface area contributed by atoms with Crippen LogP contribution in [0.2, 0.25) is 0 Å². The molecule has 0 aliphatic carbocycles. The van der Waals surface area contributed by atoms with Crippen LogP contribution in [0.15, 0.2) is 6.33 Å². The summed E-state index contributed by atoms with van der Waals surface area (Å²) >= 11 is 0. The second-order valence-electron chi connectivity index (χ2n) is 3.54. The zero-order chi connectivity index (χ0) is 11.3. The van der Waals surface area contributed by atoms with Gasteiger partial charge in [0.25, 0.3) is 0 Å². The van der Waals surface area contributed by atoms with Gasteiger partial charge in [-0.15, -0.1) is 0 Å². The lowest BCUT2D eigenvalue weighted by molar-refractivity contribution is 0.258. The molecule has 0 saturated heterocycles. The molecule has 84 valence electrons. The Morgan fingerprint density at radius 2 is 1.87 bits per heavy atom. The largest absolute Gasteiger partial charge is 0.476 e. The maximum atomic E-state index is 5.78. The van der Waals surface area contributed by atoms with E-state index in [-0.39, 0.29) is 0 Å². The molecule has 1 aromatic rings. The van der Waals surface area contributed by atoms with Crippen molar-refractivity contribution in [3.05, 3.63) is 6.33 Å². The fourth-order valence-corrected chi connectivity index (χ4v) is 0.977. The summed E-state index contributed by atoms with van der Waals surface area (Å²) in [4.78, 5) is 7.87. The number of aromatic nitrogens is 2. The zero-order valence-corrected chi connectivity index (χ0v) is 9.36. The van der Waals surface area contributed by atoms with E-state index in [1.54, 1.807) is 0 Å². The lowest BCUT2D eigenvalue weighted by Crippen LogP contribution is -2.09. The first-order chi connectivity index (χ1) is 7.15. The Bertz CT molecular complexity index is 316. The predicted molar refractivity (Wildman–Crippen MR) is 57.9 cm³/mol. The minimum Gasteiger partial charge on any atom is -0.476 e. The van der Waals surface area contributed by atoms with Crippen LogP contribution in [0, 0.1) is 5.92 Å². The van der Waals surface area contributed by atoms with Gasteiger partial charge in [0.15, 0.2) is 5.69 Å². The molecule has 0 atom stereocenters. The minimum atomic E-state index is 0.361. The third kappa shape index (κ3) is 3.27. The fraction of sp³-hybridized carbons (Fsp3) is 0.600. The standard InChI is InChI=1S/C10H17N3O2/c1-4-14-9-8(11)10(13-6-12-9)15-5-7(2)3/h6-7H,4-5,11H2,1-3H3. The third-order valence-corrected chi connectivity index (χ3v) is 1.65. The molecular weight excluding hydrogens is 194 g/mol. The quantitative estimate of drug-likeness (QED) is 0.799. The molecule has 2 N–H and O–H groups in total. The Morgan fingerprint density at radius 1 is 1.27 bits per heavy atom. The van der Waals surface area contributed by atoms with Gasteiger partial charge in [0.05, 0.1) is 13.2 Å². The van der Waals surface area contributed by atoms with Crippen molar-refractivity contribution in [3.63, 3.8) is 0 Å². The van der Waals surface area contributed by atoms with Gasteiger partial charge in [-0.25, -0.2) is 0 Å². The molecule has 1 rings (SSSR count). The molecular formula is C10H17N3O2. The predicted octanol–water partition coefficient (Wildman–Crippen LogP) is 1.49. The molecule has 0 spiro atoms. The normalized spacial score (nSPS) is 10.4. The summed E-state index contributed by atoms with van der Waals surface area (Å²) < 4.78 is 10.7. The molecule has 0 fully saturated rings. The molecule has 0 unspecified atom stereocenters. The lowest BCUT2D eigenvalue weighted by atomic mass is 10.2. The highest BCUT2D eigenvalue weighted by Gasteiger charge is 2.10. The summed E-state index contributed by atoms with van der Waals surface area (Å²) in [6, 6.07) is 0. The van der Waals surface area contributed by atoms with Crippen molar-refractivity contribution in [2.75, 3.05) is 18.9 Å². The molecule has 5 nitrogen and oxygen atoms in total. The maximum Gasteiger partial charge on any atom is 0.244 e. The molecule has 0 aromatic carbocycles. The van der Waals surface area contributed by atoms with Gasteiger partial charge in [-0.1, -0.05) is 13.8 Å². The van der Waals surface area contributed by atoms with E-state index in [0.29, 0.717) is 36.6 Å². The Balaban J connectivity index is 2.75. The number of ether oxygens (including phenoxy) is 2. The first-order valence-corrected chi connectivity index (χ1v) is 5.01. The number of nitrogens with two attached hydrogens (primary N) is 1. The van der Waals surface area contributed by atoms with Crippen LogP contribution in [-0.4, -0.2) is 23.2 Å². The van der Waals surface area contributed by atoms with Gasteiger partial charge in [-0.2, -0.15) is 9.97 Å². The average molecular weight is 211 g/mol. The summed E-state index contributed by atoms with van der Waals surface area (Å²) in [5, 5.41) is 0. The van der Waals surface area contributed by atoms with Gasteiger partial charge >= 0.3 is 0 Å². The van der Waals surface area contributed by atoms with E-state index < -0.39 is 0 Å². The SMILES string of the molecule is CCOc1ncnc(OCC(C)C)c1N. The van der Waals surface area contributed by atoms with Gasteiger partial charge in [-0.05, 0) is 12.8 Å². The summed E-state index contributed by atoms with van der Waals surface area (Å²) in [5.74, 6) is 1.20. The van der Waals surface area contributed by atoms with Crippen LogP contribution in [0.5, 0.6) is 11.8 Å². The van der Waals surface area contributed by atoms with Gasteiger partial charge < -0.3 is 15.2 Å². The number of hydrogen-bond donors (Lipinski definition) is 1. The molecule has 0 bridgehead atoms. The smallest absolute Gasteiger partial charge is 0.244 e. The molecule has 0 aliphatic rings. The van der Waals surface area contributed by atoms with Crippen molar-refractivity contribution >= 4 is 5.69 Å². The van der Waals surface area contributed by atoms with E-state index in [0.717, 1.165) is 0 Å². The van der Waals surface area contributed by atoms with E-state index in [4.69, 9.17) is 15.2 Å². The molecule has 0 radical (unpaired) electrons. The Hall–Kier alpha value is -1.52. The third-order valence-electron chi connectivity index (χ3n) is 1.65. The van der Waals surface area contributed by atoms with E-state index in [1.165, 1.54) is 6.33 Å². The van der Waals surface area contributed by atoms with Crippen molar-refractivity contribution in [3.8, 4) is 11.8 Å². The second-order valence-corrected chi connectivity index (χ2v) is 3.54. The number of nitrogens with zero attached hydrogens (tertiary/aromatic N) is 2. The van der Waals surface area contributed by atoms with E-state index in [9.17, 15) is 0 Å². The number of rotatable bonds is 5. The van der Waals surface area contributed by atoms with E-state index in [1.807, 2.05) is 6.92 Å². The first-order valence-electron chi connectivity index (χ1n) is 5.01. The molecule has 0 aliphatic heterocycles.